The van der Waals surface area contributed by atoms with E-state index >= 15 is 0 Å². The monoisotopic (exact) mass is 390 g/mol. The van der Waals surface area contributed by atoms with Crippen LogP contribution in [0.3, 0.4) is 0 Å². The van der Waals surface area contributed by atoms with Gasteiger partial charge in [-0.3, -0.25) is 4.79 Å². The molecule has 0 aromatic heterocycles. The van der Waals surface area contributed by atoms with Crippen LogP contribution < -0.4 is 10.1 Å². The van der Waals surface area contributed by atoms with E-state index in [2.05, 4.69) is 26.4 Å². The second kappa shape index (κ2) is 9.08. The van der Waals surface area contributed by atoms with Gasteiger partial charge in [0.05, 0.1) is 12.8 Å². The van der Waals surface area contributed by atoms with Crippen LogP contribution in [0, 0.1) is 0 Å². The lowest BCUT2D eigenvalue weighted by Crippen LogP contribution is -2.26. The molecule has 0 spiro atoms. The Bertz CT molecular complexity index is 684. The van der Waals surface area contributed by atoms with Crippen molar-refractivity contribution in [2.24, 2.45) is 5.16 Å². The van der Waals surface area contributed by atoms with Crippen molar-refractivity contribution in [2.75, 3.05) is 11.9 Å². The number of nitrogens with zero attached hydrogens (tertiary/aromatic N) is 1. The fourth-order valence-electron chi connectivity index (χ4n) is 1.82. The first kappa shape index (κ1) is 18.0. The SMILES string of the molecule is CCOc1ccc(/C=N/OC(C)C(=O)Nc2ccc(Br)cc2)cc1. The van der Waals surface area contributed by atoms with Crippen molar-refractivity contribution in [1.29, 1.82) is 0 Å². The summed E-state index contributed by atoms with van der Waals surface area (Å²) in [5.74, 6) is 0.541. The number of hydrogen-bond donors (Lipinski definition) is 1. The molecule has 2 rings (SSSR count). The predicted molar refractivity (Wildman–Crippen MR) is 98.5 cm³/mol. The summed E-state index contributed by atoms with van der Waals surface area (Å²) in [6.45, 7) is 4.20. The smallest absolute Gasteiger partial charge is 0.267 e. The van der Waals surface area contributed by atoms with Crippen LogP contribution in [0.15, 0.2) is 58.2 Å². The molecule has 1 atom stereocenters. The maximum absolute atomic E-state index is 12.0. The van der Waals surface area contributed by atoms with Crippen LogP contribution in [-0.4, -0.2) is 24.8 Å². The second-order valence-corrected chi connectivity index (χ2v) is 5.90. The maximum Gasteiger partial charge on any atom is 0.267 e. The molecule has 0 aliphatic rings. The van der Waals surface area contributed by atoms with Crippen molar-refractivity contribution in [3.63, 3.8) is 0 Å². The van der Waals surface area contributed by atoms with Crippen molar-refractivity contribution in [3.8, 4) is 5.75 Å². The molecule has 6 heteroatoms. The van der Waals surface area contributed by atoms with E-state index in [0.717, 1.165) is 15.8 Å². The molecule has 0 saturated heterocycles. The topological polar surface area (TPSA) is 59.9 Å². The molecule has 24 heavy (non-hydrogen) atoms. The summed E-state index contributed by atoms with van der Waals surface area (Å²) < 4.78 is 6.32. The highest BCUT2D eigenvalue weighted by Gasteiger charge is 2.13. The van der Waals surface area contributed by atoms with Crippen LogP contribution in [0.2, 0.25) is 0 Å². The Morgan fingerprint density at radius 1 is 1.21 bits per heavy atom. The molecule has 0 heterocycles. The van der Waals surface area contributed by atoms with E-state index in [9.17, 15) is 4.79 Å². The molecule has 126 valence electrons. The Labute approximate surface area is 149 Å². The van der Waals surface area contributed by atoms with E-state index in [0.29, 0.717) is 12.3 Å². The Balaban J connectivity index is 1.83. The molecular formula is C18H19BrN2O3. The highest BCUT2D eigenvalue weighted by Crippen LogP contribution is 2.14. The van der Waals surface area contributed by atoms with Gasteiger partial charge in [-0.15, -0.1) is 0 Å². The number of oxime groups is 1. The standard InChI is InChI=1S/C18H19BrN2O3/c1-3-23-17-10-4-14(5-11-17)12-20-24-13(2)18(22)21-16-8-6-15(19)7-9-16/h4-13H,3H2,1-2H3,(H,21,22)/b20-12+. The van der Waals surface area contributed by atoms with Crippen LogP contribution in [-0.2, 0) is 9.63 Å². The number of amides is 1. The molecular weight excluding hydrogens is 372 g/mol. The van der Waals surface area contributed by atoms with Gasteiger partial charge >= 0.3 is 0 Å². The minimum atomic E-state index is -0.701. The van der Waals surface area contributed by atoms with Gasteiger partial charge in [-0.05, 0) is 67.9 Å². The molecule has 1 amide bonds. The normalized spacial score (nSPS) is 12.0. The first-order valence-corrected chi connectivity index (χ1v) is 8.36. The lowest BCUT2D eigenvalue weighted by atomic mass is 10.2. The Hall–Kier alpha value is -2.34. The van der Waals surface area contributed by atoms with Gasteiger partial charge in [0, 0.05) is 10.2 Å². The third kappa shape index (κ3) is 5.70. The maximum atomic E-state index is 12.0. The largest absolute Gasteiger partial charge is 0.494 e. The molecule has 0 aliphatic carbocycles. The van der Waals surface area contributed by atoms with Crippen molar-refractivity contribution in [3.05, 3.63) is 58.6 Å². The highest BCUT2D eigenvalue weighted by atomic mass is 79.9. The number of anilines is 1. The summed E-state index contributed by atoms with van der Waals surface area (Å²) in [6, 6.07) is 14.8. The minimum absolute atomic E-state index is 0.263. The Kier molecular flexibility index (Phi) is 6.81. The van der Waals surface area contributed by atoms with Gasteiger partial charge in [-0.1, -0.05) is 21.1 Å². The van der Waals surface area contributed by atoms with Gasteiger partial charge in [0.25, 0.3) is 5.91 Å². The number of nitrogens with one attached hydrogen (secondary N) is 1. The van der Waals surface area contributed by atoms with Crippen LogP contribution in [0.25, 0.3) is 0 Å². The van der Waals surface area contributed by atoms with Gasteiger partial charge < -0.3 is 14.9 Å². The number of carbonyl (C=O) groups excluding carboxylic acids is 1. The van der Waals surface area contributed by atoms with Crippen molar-refractivity contribution < 1.29 is 14.4 Å². The average Bonchev–Trinajstić information content (AvgIpc) is 2.58. The average molecular weight is 391 g/mol. The molecule has 0 fully saturated rings. The number of halogens is 1. The van der Waals surface area contributed by atoms with Crippen LogP contribution in [0.1, 0.15) is 19.4 Å². The molecule has 5 nitrogen and oxygen atoms in total. The predicted octanol–water partition coefficient (Wildman–Crippen LogP) is 4.23. The summed E-state index contributed by atoms with van der Waals surface area (Å²) in [5, 5.41) is 6.62. The molecule has 0 bridgehead atoms. The van der Waals surface area contributed by atoms with E-state index in [1.807, 2.05) is 43.3 Å². The zero-order valence-electron chi connectivity index (χ0n) is 13.5. The van der Waals surface area contributed by atoms with Gasteiger partial charge in [0.1, 0.15) is 5.75 Å². The quantitative estimate of drug-likeness (QED) is 0.568. The van der Waals surface area contributed by atoms with Gasteiger partial charge in [-0.2, -0.15) is 0 Å². The number of rotatable bonds is 7. The summed E-state index contributed by atoms with van der Waals surface area (Å²) in [6.07, 6.45) is 0.853. The van der Waals surface area contributed by atoms with E-state index in [1.165, 1.54) is 0 Å². The Morgan fingerprint density at radius 2 is 1.88 bits per heavy atom. The van der Waals surface area contributed by atoms with Crippen molar-refractivity contribution in [1.82, 2.24) is 0 Å². The zero-order valence-corrected chi connectivity index (χ0v) is 15.1. The van der Waals surface area contributed by atoms with Crippen molar-refractivity contribution >= 4 is 33.7 Å². The van der Waals surface area contributed by atoms with Crippen molar-refractivity contribution in [2.45, 2.75) is 20.0 Å². The third-order valence-electron chi connectivity index (χ3n) is 3.09. The van der Waals surface area contributed by atoms with E-state index in [-0.39, 0.29) is 5.91 Å². The fraction of sp³-hybridized carbons (Fsp3) is 0.222. The number of benzene rings is 2. The molecule has 2 aromatic rings. The Morgan fingerprint density at radius 3 is 2.50 bits per heavy atom. The molecule has 0 aliphatic heterocycles. The molecule has 1 N–H and O–H groups in total. The lowest BCUT2D eigenvalue weighted by molar-refractivity contribution is -0.126. The summed E-state index contributed by atoms with van der Waals surface area (Å²) in [7, 11) is 0. The van der Waals surface area contributed by atoms with E-state index < -0.39 is 6.10 Å². The summed E-state index contributed by atoms with van der Waals surface area (Å²) in [5.41, 5.74) is 1.56. The van der Waals surface area contributed by atoms with Crippen LogP contribution in [0.4, 0.5) is 5.69 Å². The first-order valence-electron chi connectivity index (χ1n) is 7.57. The number of carbonyl (C=O) groups is 1. The number of ether oxygens (including phenoxy) is 1. The fourth-order valence-corrected chi connectivity index (χ4v) is 2.09. The molecule has 1 unspecified atom stereocenters. The second-order valence-electron chi connectivity index (χ2n) is 4.98. The highest BCUT2D eigenvalue weighted by molar-refractivity contribution is 9.10. The summed E-state index contributed by atoms with van der Waals surface area (Å²) in [4.78, 5) is 17.2. The summed E-state index contributed by atoms with van der Waals surface area (Å²) >= 11 is 3.35. The number of hydrogen-bond acceptors (Lipinski definition) is 4. The van der Waals surface area contributed by atoms with E-state index in [1.54, 1.807) is 25.3 Å². The van der Waals surface area contributed by atoms with Crippen LogP contribution >= 0.6 is 15.9 Å². The molecule has 0 saturated carbocycles. The minimum Gasteiger partial charge on any atom is -0.494 e. The van der Waals surface area contributed by atoms with Gasteiger partial charge in [0.2, 0.25) is 6.10 Å². The van der Waals surface area contributed by atoms with Crippen LogP contribution in [0.5, 0.6) is 5.75 Å². The van der Waals surface area contributed by atoms with E-state index in [4.69, 9.17) is 9.57 Å². The molecule has 2 aromatic carbocycles. The lowest BCUT2D eigenvalue weighted by Gasteiger charge is -2.10. The van der Waals surface area contributed by atoms with Gasteiger partial charge in [-0.25, -0.2) is 0 Å². The van der Waals surface area contributed by atoms with Gasteiger partial charge in [0.15, 0.2) is 0 Å². The zero-order chi connectivity index (χ0) is 17.4. The first-order chi connectivity index (χ1) is 11.6. The third-order valence-corrected chi connectivity index (χ3v) is 3.62. The molecule has 0 radical (unpaired) electrons.